The summed E-state index contributed by atoms with van der Waals surface area (Å²) in [4.78, 5) is 22.5. The third kappa shape index (κ3) is 2.99. The minimum atomic E-state index is -0.0849. The Balaban J connectivity index is 2.12. The zero-order valence-corrected chi connectivity index (χ0v) is 11.5. The molecule has 2 heterocycles. The molecule has 0 saturated heterocycles. The Kier molecular flexibility index (Phi) is 3.94. The Labute approximate surface area is 112 Å². The Bertz CT molecular complexity index is 576. The first-order valence-corrected chi connectivity index (χ1v) is 6.29. The minimum Gasteiger partial charge on any atom is -0.337 e. The number of amides is 1. The van der Waals surface area contributed by atoms with Crippen LogP contribution in [-0.4, -0.2) is 32.4 Å². The molecule has 0 bridgehead atoms. The van der Waals surface area contributed by atoms with E-state index in [-0.39, 0.29) is 5.91 Å². The van der Waals surface area contributed by atoms with E-state index in [1.54, 1.807) is 24.2 Å². The van der Waals surface area contributed by atoms with Gasteiger partial charge in [0.2, 0.25) is 0 Å². The zero-order valence-electron chi connectivity index (χ0n) is 11.5. The monoisotopic (exact) mass is 258 g/mol. The zero-order chi connectivity index (χ0) is 13.8. The number of aryl methyl sites for hydroxylation is 2. The molecule has 5 nitrogen and oxygen atoms in total. The Morgan fingerprint density at radius 1 is 1.42 bits per heavy atom. The van der Waals surface area contributed by atoms with Crippen LogP contribution in [-0.2, 0) is 20.0 Å². The molecule has 19 heavy (non-hydrogen) atoms. The van der Waals surface area contributed by atoms with Gasteiger partial charge in [-0.05, 0) is 18.6 Å². The number of aromatic nitrogens is 3. The Hall–Kier alpha value is -2.17. The second-order valence-electron chi connectivity index (χ2n) is 4.48. The molecule has 0 aliphatic heterocycles. The van der Waals surface area contributed by atoms with E-state index in [4.69, 9.17) is 0 Å². The molecular weight excluding hydrogens is 240 g/mol. The van der Waals surface area contributed by atoms with Gasteiger partial charge >= 0.3 is 0 Å². The topological polar surface area (TPSA) is 51.0 Å². The van der Waals surface area contributed by atoms with Crippen molar-refractivity contribution in [3.05, 3.63) is 47.8 Å². The number of nitrogens with zero attached hydrogens (tertiary/aromatic N) is 4. The van der Waals surface area contributed by atoms with Crippen molar-refractivity contribution in [1.82, 2.24) is 19.4 Å². The van der Waals surface area contributed by atoms with Crippen molar-refractivity contribution in [2.75, 3.05) is 7.05 Å². The molecule has 2 aromatic heterocycles. The number of carbonyl (C=O) groups is 1. The maximum atomic E-state index is 12.3. The summed E-state index contributed by atoms with van der Waals surface area (Å²) >= 11 is 0. The van der Waals surface area contributed by atoms with Crippen molar-refractivity contribution < 1.29 is 4.79 Å². The summed E-state index contributed by atoms with van der Waals surface area (Å²) in [5, 5.41) is 0. The van der Waals surface area contributed by atoms with Crippen molar-refractivity contribution >= 4 is 5.91 Å². The summed E-state index contributed by atoms with van der Waals surface area (Å²) in [6, 6.07) is 5.54. The van der Waals surface area contributed by atoms with E-state index in [0.29, 0.717) is 12.2 Å². The third-order valence-electron chi connectivity index (χ3n) is 3.03. The highest BCUT2D eigenvalue weighted by Gasteiger charge is 2.15. The second-order valence-corrected chi connectivity index (χ2v) is 4.48. The summed E-state index contributed by atoms with van der Waals surface area (Å²) in [6.45, 7) is 2.49. The van der Waals surface area contributed by atoms with Gasteiger partial charge in [-0.15, -0.1) is 0 Å². The molecule has 0 fully saturated rings. The molecule has 0 atom stereocenters. The highest BCUT2D eigenvalue weighted by Crippen LogP contribution is 2.06. The normalized spacial score (nSPS) is 10.5. The van der Waals surface area contributed by atoms with Gasteiger partial charge in [0.05, 0.1) is 6.54 Å². The first-order valence-electron chi connectivity index (χ1n) is 6.29. The predicted molar refractivity (Wildman–Crippen MR) is 72.6 cm³/mol. The molecule has 0 aromatic carbocycles. The number of carbonyl (C=O) groups excluding carboxylic acids is 1. The van der Waals surface area contributed by atoms with Crippen LogP contribution < -0.4 is 0 Å². The van der Waals surface area contributed by atoms with Gasteiger partial charge in [-0.3, -0.25) is 4.79 Å². The van der Waals surface area contributed by atoms with E-state index in [1.807, 2.05) is 36.9 Å². The minimum absolute atomic E-state index is 0.0849. The lowest BCUT2D eigenvalue weighted by molar-refractivity contribution is 0.0774. The molecule has 0 unspecified atom stereocenters. The SMILES string of the molecule is CCc1cccc(C(=O)N(C)Cc2nccn2C)n1. The standard InChI is InChI=1S/C14H18N4O/c1-4-11-6-5-7-12(16-11)14(19)18(3)10-13-15-8-9-17(13)2/h5-9H,4,10H2,1-3H3. The van der Waals surface area contributed by atoms with Crippen LogP contribution in [0.2, 0.25) is 0 Å². The molecule has 0 radical (unpaired) electrons. The number of pyridine rings is 1. The third-order valence-corrected chi connectivity index (χ3v) is 3.03. The molecule has 0 saturated carbocycles. The van der Waals surface area contributed by atoms with Crippen LogP contribution in [0.15, 0.2) is 30.6 Å². The number of hydrogen-bond acceptors (Lipinski definition) is 3. The lowest BCUT2D eigenvalue weighted by Gasteiger charge is -2.16. The maximum absolute atomic E-state index is 12.3. The van der Waals surface area contributed by atoms with Crippen molar-refractivity contribution in [1.29, 1.82) is 0 Å². The molecule has 0 aliphatic carbocycles. The first kappa shape index (κ1) is 13.3. The molecule has 2 aromatic rings. The van der Waals surface area contributed by atoms with Gasteiger partial charge in [0.15, 0.2) is 0 Å². The average molecular weight is 258 g/mol. The highest BCUT2D eigenvalue weighted by atomic mass is 16.2. The van der Waals surface area contributed by atoms with Gasteiger partial charge in [0.1, 0.15) is 11.5 Å². The van der Waals surface area contributed by atoms with Crippen molar-refractivity contribution in [3.8, 4) is 0 Å². The summed E-state index contributed by atoms with van der Waals surface area (Å²) in [7, 11) is 3.67. The van der Waals surface area contributed by atoms with Gasteiger partial charge in [0, 0.05) is 32.2 Å². The first-order chi connectivity index (χ1) is 9.11. The fraction of sp³-hybridized carbons (Fsp3) is 0.357. The summed E-state index contributed by atoms with van der Waals surface area (Å²) < 4.78 is 1.90. The smallest absolute Gasteiger partial charge is 0.272 e. The van der Waals surface area contributed by atoms with E-state index in [1.165, 1.54) is 0 Å². The van der Waals surface area contributed by atoms with Crippen LogP contribution in [0.3, 0.4) is 0 Å². The summed E-state index contributed by atoms with van der Waals surface area (Å²) in [5.74, 6) is 0.765. The largest absolute Gasteiger partial charge is 0.337 e. The fourth-order valence-corrected chi connectivity index (χ4v) is 1.82. The van der Waals surface area contributed by atoms with E-state index >= 15 is 0 Å². The average Bonchev–Trinajstić information content (AvgIpc) is 2.83. The summed E-state index contributed by atoms with van der Waals surface area (Å²) in [6.07, 6.45) is 4.41. The van der Waals surface area contributed by atoms with Gasteiger partial charge in [-0.1, -0.05) is 13.0 Å². The van der Waals surface area contributed by atoms with Crippen LogP contribution in [0, 0.1) is 0 Å². The van der Waals surface area contributed by atoms with Crippen LogP contribution in [0.1, 0.15) is 28.9 Å². The van der Waals surface area contributed by atoms with Crippen molar-refractivity contribution in [2.45, 2.75) is 19.9 Å². The molecule has 100 valence electrons. The second kappa shape index (κ2) is 5.65. The van der Waals surface area contributed by atoms with Crippen LogP contribution >= 0.6 is 0 Å². The van der Waals surface area contributed by atoms with Crippen molar-refractivity contribution in [2.24, 2.45) is 7.05 Å². The van der Waals surface area contributed by atoms with Crippen molar-refractivity contribution in [3.63, 3.8) is 0 Å². The molecule has 0 spiro atoms. The predicted octanol–water partition coefficient (Wildman–Crippen LogP) is 1.65. The van der Waals surface area contributed by atoms with E-state index in [2.05, 4.69) is 9.97 Å². The Morgan fingerprint density at radius 3 is 2.84 bits per heavy atom. The lowest BCUT2D eigenvalue weighted by atomic mass is 10.2. The summed E-state index contributed by atoms with van der Waals surface area (Å²) in [5.41, 5.74) is 1.41. The Morgan fingerprint density at radius 2 is 2.21 bits per heavy atom. The maximum Gasteiger partial charge on any atom is 0.272 e. The molecule has 2 rings (SSSR count). The number of imidazole rings is 1. The molecule has 0 aliphatic rings. The van der Waals surface area contributed by atoms with Gasteiger partial charge in [-0.2, -0.15) is 0 Å². The lowest BCUT2D eigenvalue weighted by Crippen LogP contribution is -2.28. The van der Waals surface area contributed by atoms with Gasteiger partial charge in [0.25, 0.3) is 5.91 Å². The highest BCUT2D eigenvalue weighted by molar-refractivity contribution is 5.92. The van der Waals surface area contributed by atoms with E-state index in [9.17, 15) is 4.79 Å². The van der Waals surface area contributed by atoms with E-state index in [0.717, 1.165) is 17.9 Å². The number of rotatable bonds is 4. The molecule has 5 heteroatoms. The van der Waals surface area contributed by atoms with Crippen LogP contribution in [0.4, 0.5) is 0 Å². The molecular formula is C14H18N4O. The van der Waals surface area contributed by atoms with Crippen LogP contribution in [0.5, 0.6) is 0 Å². The molecule has 1 amide bonds. The fourth-order valence-electron chi connectivity index (χ4n) is 1.82. The van der Waals surface area contributed by atoms with Crippen LogP contribution in [0.25, 0.3) is 0 Å². The molecule has 0 N–H and O–H groups in total. The number of hydrogen-bond donors (Lipinski definition) is 0. The van der Waals surface area contributed by atoms with E-state index < -0.39 is 0 Å². The van der Waals surface area contributed by atoms with Gasteiger partial charge in [-0.25, -0.2) is 9.97 Å². The quantitative estimate of drug-likeness (QED) is 0.838. The van der Waals surface area contributed by atoms with Gasteiger partial charge < -0.3 is 9.47 Å².